The number of amides is 1. The summed E-state index contributed by atoms with van der Waals surface area (Å²) in [6, 6.07) is 8.30. The van der Waals surface area contributed by atoms with Crippen LogP contribution >= 0.6 is 0 Å². The Morgan fingerprint density at radius 1 is 1.29 bits per heavy atom. The van der Waals surface area contributed by atoms with E-state index in [1.807, 2.05) is 0 Å². The zero-order valence-electron chi connectivity index (χ0n) is 11.0. The first-order chi connectivity index (χ1) is 10.1. The second-order valence-electron chi connectivity index (χ2n) is 4.26. The largest absolute Gasteiger partial charge is 0.505 e. The van der Waals surface area contributed by atoms with E-state index in [0.29, 0.717) is 5.56 Å². The highest BCUT2D eigenvalue weighted by atomic mass is 16.4. The van der Waals surface area contributed by atoms with Crippen LogP contribution in [0.25, 0.3) is 0 Å². The number of rotatable bonds is 4. The first kappa shape index (κ1) is 14.3. The minimum absolute atomic E-state index is 0.0206. The molecule has 0 aliphatic rings. The lowest BCUT2D eigenvalue weighted by Gasteiger charge is -2.07. The van der Waals surface area contributed by atoms with Gasteiger partial charge in [0.25, 0.3) is 5.91 Å². The van der Waals surface area contributed by atoms with Gasteiger partial charge >= 0.3 is 0 Å². The van der Waals surface area contributed by atoms with Gasteiger partial charge in [0.15, 0.2) is 5.84 Å². The number of nitrogens with zero attached hydrogens (tertiary/aromatic N) is 2. The maximum atomic E-state index is 11.9. The van der Waals surface area contributed by atoms with Gasteiger partial charge in [-0.25, -0.2) is 0 Å². The Labute approximate surface area is 120 Å². The fourth-order valence-corrected chi connectivity index (χ4v) is 1.71. The smallest absolute Gasteiger partial charge is 0.255 e. The van der Waals surface area contributed by atoms with Crippen molar-refractivity contribution in [1.82, 2.24) is 10.3 Å². The lowest BCUT2D eigenvalue weighted by molar-refractivity contribution is 0.0948. The van der Waals surface area contributed by atoms with Gasteiger partial charge in [-0.05, 0) is 11.6 Å². The van der Waals surface area contributed by atoms with Gasteiger partial charge in [-0.3, -0.25) is 9.78 Å². The molecule has 7 nitrogen and oxygen atoms in total. The Morgan fingerprint density at radius 2 is 2.00 bits per heavy atom. The van der Waals surface area contributed by atoms with E-state index in [0.717, 1.165) is 5.56 Å². The summed E-state index contributed by atoms with van der Waals surface area (Å²) in [5.74, 6) is -0.542. The molecule has 0 atom stereocenters. The predicted octanol–water partition coefficient (Wildman–Crippen LogP) is 0.812. The molecule has 5 N–H and O–H groups in total. The molecule has 1 aromatic carbocycles. The molecule has 0 saturated carbocycles. The summed E-state index contributed by atoms with van der Waals surface area (Å²) in [7, 11) is 0. The zero-order chi connectivity index (χ0) is 15.2. The van der Waals surface area contributed by atoms with Gasteiger partial charge in [0.2, 0.25) is 0 Å². The number of pyridine rings is 1. The summed E-state index contributed by atoms with van der Waals surface area (Å²) in [6.07, 6.45) is 2.64. The van der Waals surface area contributed by atoms with Crippen LogP contribution in [0, 0.1) is 0 Å². The first-order valence-corrected chi connectivity index (χ1v) is 6.10. The number of carbonyl (C=O) groups excluding carboxylic acids is 1. The van der Waals surface area contributed by atoms with Gasteiger partial charge in [-0.1, -0.05) is 29.4 Å². The maximum Gasteiger partial charge on any atom is 0.255 e. The van der Waals surface area contributed by atoms with Crippen LogP contribution in [0.2, 0.25) is 0 Å². The summed E-state index contributed by atoms with van der Waals surface area (Å²) >= 11 is 0. The molecule has 1 aromatic heterocycles. The van der Waals surface area contributed by atoms with Crippen molar-refractivity contribution >= 4 is 11.7 Å². The van der Waals surface area contributed by atoms with Gasteiger partial charge in [0.05, 0.1) is 11.8 Å². The topological polar surface area (TPSA) is 121 Å². The van der Waals surface area contributed by atoms with Crippen LogP contribution in [0.4, 0.5) is 0 Å². The number of aromatic hydroxyl groups is 1. The monoisotopic (exact) mass is 286 g/mol. The zero-order valence-corrected chi connectivity index (χ0v) is 11.0. The first-order valence-electron chi connectivity index (χ1n) is 6.10. The van der Waals surface area contributed by atoms with Crippen LogP contribution in [0.5, 0.6) is 5.75 Å². The Kier molecular flexibility index (Phi) is 4.35. The molecule has 2 rings (SSSR count). The van der Waals surface area contributed by atoms with Crippen LogP contribution in [-0.2, 0) is 6.54 Å². The van der Waals surface area contributed by atoms with Crippen molar-refractivity contribution in [1.29, 1.82) is 0 Å². The van der Waals surface area contributed by atoms with Crippen molar-refractivity contribution in [2.24, 2.45) is 10.9 Å². The second-order valence-corrected chi connectivity index (χ2v) is 4.26. The highest BCUT2D eigenvalue weighted by Crippen LogP contribution is 2.13. The molecule has 0 aliphatic carbocycles. The van der Waals surface area contributed by atoms with Gasteiger partial charge < -0.3 is 21.4 Å². The molecule has 108 valence electrons. The molecule has 7 heteroatoms. The van der Waals surface area contributed by atoms with Crippen LogP contribution in [0.15, 0.2) is 47.9 Å². The van der Waals surface area contributed by atoms with Crippen molar-refractivity contribution in [3.63, 3.8) is 0 Å². The van der Waals surface area contributed by atoms with Gasteiger partial charge in [0.1, 0.15) is 5.75 Å². The molecule has 0 saturated heterocycles. The van der Waals surface area contributed by atoms with Crippen LogP contribution in [0.1, 0.15) is 21.5 Å². The Hall–Kier alpha value is -3.09. The van der Waals surface area contributed by atoms with E-state index in [1.54, 1.807) is 24.3 Å². The highest BCUT2D eigenvalue weighted by molar-refractivity contribution is 5.97. The molecule has 1 amide bonds. The quantitative estimate of drug-likeness (QED) is 0.287. The third kappa shape index (κ3) is 3.47. The third-order valence-corrected chi connectivity index (χ3v) is 2.86. The Balaban J connectivity index is 2.00. The standard InChI is InChI=1S/C14H14N4O3/c15-13(18-21)10-3-1-9(2-4-10)7-17-14(20)11-5-6-16-8-12(11)19/h1-6,8,19,21H,7H2,(H2,15,18)(H,17,20). The Bertz CT molecular complexity index is 668. The summed E-state index contributed by atoms with van der Waals surface area (Å²) in [5.41, 5.74) is 7.04. The molecular formula is C14H14N4O3. The molecule has 0 unspecified atom stereocenters. The van der Waals surface area contributed by atoms with E-state index in [1.165, 1.54) is 18.5 Å². The van der Waals surface area contributed by atoms with E-state index in [-0.39, 0.29) is 23.7 Å². The number of nitrogens with one attached hydrogen (secondary N) is 1. The summed E-state index contributed by atoms with van der Waals surface area (Å²) in [6.45, 7) is 0.289. The van der Waals surface area contributed by atoms with Crippen molar-refractivity contribution in [3.8, 4) is 5.75 Å². The number of carbonyl (C=O) groups is 1. The number of hydrogen-bond acceptors (Lipinski definition) is 5. The lowest BCUT2D eigenvalue weighted by Crippen LogP contribution is -2.23. The highest BCUT2D eigenvalue weighted by Gasteiger charge is 2.10. The summed E-state index contributed by atoms with van der Waals surface area (Å²) in [5, 5.41) is 23.7. The van der Waals surface area contributed by atoms with E-state index in [9.17, 15) is 9.90 Å². The van der Waals surface area contributed by atoms with Gasteiger partial charge in [-0.2, -0.15) is 0 Å². The normalized spacial score (nSPS) is 11.1. The molecule has 2 aromatic rings. The van der Waals surface area contributed by atoms with E-state index < -0.39 is 5.91 Å². The number of amidine groups is 1. The minimum Gasteiger partial charge on any atom is -0.505 e. The van der Waals surface area contributed by atoms with Gasteiger partial charge in [-0.15, -0.1) is 0 Å². The number of nitrogens with two attached hydrogens (primary N) is 1. The van der Waals surface area contributed by atoms with E-state index in [4.69, 9.17) is 10.9 Å². The SMILES string of the molecule is N/C(=N/O)c1ccc(CNC(=O)c2ccncc2O)cc1. The van der Waals surface area contributed by atoms with E-state index >= 15 is 0 Å². The number of benzene rings is 1. The molecule has 1 heterocycles. The summed E-state index contributed by atoms with van der Waals surface area (Å²) < 4.78 is 0. The second kappa shape index (κ2) is 6.38. The molecule has 0 spiro atoms. The number of oxime groups is 1. The average Bonchev–Trinajstić information content (AvgIpc) is 2.52. The number of aromatic nitrogens is 1. The molecule has 0 bridgehead atoms. The summed E-state index contributed by atoms with van der Waals surface area (Å²) in [4.78, 5) is 15.6. The fraction of sp³-hybridized carbons (Fsp3) is 0.0714. The predicted molar refractivity (Wildman–Crippen MR) is 76.0 cm³/mol. The third-order valence-electron chi connectivity index (χ3n) is 2.86. The van der Waals surface area contributed by atoms with Crippen molar-refractivity contribution in [2.75, 3.05) is 0 Å². The Morgan fingerprint density at radius 3 is 2.62 bits per heavy atom. The van der Waals surface area contributed by atoms with Crippen molar-refractivity contribution in [3.05, 3.63) is 59.4 Å². The molecule has 0 radical (unpaired) electrons. The number of hydrogen-bond donors (Lipinski definition) is 4. The molecule has 0 aliphatic heterocycles. The molecule has 0 fully saturated rings. The van der Waals surface area contributed by atoms with Crippen molar-refractivity contribution in [2.45, 2.75) is 6.54 Å². The van der Waals surface area contributed by atoms with Gasteiger partial charge in [0, 0.05) is 18.3 Å². The minimum atomic E-state index is -0.393. The maximum absolute atomic E-state index is 11.9. The van der Waals surface area contributed by atoms with Crippen LogP contribution in [-0.4, -0.2) is 27.0 Å². The van der Waals surface area contributed by atoms with Crippen molar-refractivity contribution < 1.29 is 15.1 Å². The lowest BCUT2D eigenvalue weighted by atomic mass is 10.1. The van der Waals surface area contributed by atoms with Crippen LogP contribution < -0.4 is 11.1 Å². The average molecular weight is 286 g/mol. The molecular weight excluding hydrogens is 272 g/mol. The molecule has 21 heavy (non-hydrogen) atoms. The fourth-order valence-electron chi connectivity index (χ4n) is 1.71. The van der Waals surface area contributed by atoms with E-state index in [2.05, 4.69) is 15.5 Å². The van der Waals surface area contributed by atoms with Crippen LogP contribution in [0.3, 0.4) is 0 Å².